The first-order valence-corrected chi connectivity index (χ1v) is 8.02. The fourth-order valence-corrected chi connectivity index (χ4v) is 2.96. The third kappa shape index (κ3) is 4.23. The maximum absolute atomic E-state index is 12.0. The van der Waals surface area contributed by atoms with Gasteiger partial charge in [0.25, 0.3) is 0 Å². The molecule has 1 aliphatic rings. The highest BCUT2D eigenvalue weighted by molar-refractivity contribution is 7.17. The zero-order valence-corrected chi connectivity index (χ0v) is 14.0. The minimum atomic E-state index is -0.585. The fraction of sp³-hybridized carbons (Fsp3) is 0.357. The van der Waals surface area contributed by atoms with Gasteiger partial charge in [-0.05, 0) is 26.0 Å². The second kappa shape index (κ2) is 7.47. The van der Waals surface area contributed by atoms with E-state index in [1.165, 1.54) is 0 Å². The molecule has 0 fully saturated rings. The van der Waals surface area contributed by atoms with Crippen LogP contribution in [0.3, 0.4) is 0 Å². The maximum Gasteiger partial charge on any atom is 0.348 e. The third-order valence-corrected chi connectivity index (χ3v) is 4.20. The molecule has 2 rings (SSSR count). The molecule has 0 saturated carbocycles. The molecule has 2 heterocycles. The van der Waals surface area contributed by atoms with Gasteiger partial charge in [-0.3, -0.25) is 0 Å². The molecular formula is C14H15ClN2O5S. The summed E-state index contributed by atoms with van der Waals surface area (Å²) in [6, 6.07) is 2.10. The van der Waals surface area contributed by atoms with Crippen molar-refractivity contribution >= 4 is 40.9 Å². The molecule has 23 heavy (non-hydrogen) atoms. The monoisotopic (exact) mass is 358 g/mol. The van der Waals surface area contributed by atoms with Crippen molar-refractivity contribution in [3.63, 3.8) is 0 Å². The quantitative estimate of drug-likeness (QED) is 0.786. The standard InChI is InChI=1S/C14H15ClN2O5S/c1-3-21-13(19)11-7(2)16-14(20)17-8(11)6-22-12(18)9-4-5-10(15)23-9/h4-5,7H,3,6H2,1-2H3,(H2,16,17,20)/t7-/m1/s1. The average molecular weight is 359 g/mol. The first kappa shape index (κ1) is 17.3. The summed E-state index contributed by atoms with van der Waals surface area (Å²) in [6.07, 6.45) is 0. The van der Waals surface area contributed by atoms with Gasteiger partial charge in [-0.1, -0.05) is 11.6 Å². The first-order valence-electron chi connectivity index (χ1n) is 6.82. The molecule has 1 aromatic rings. The van der Waals surface area contributed by atoms with E-state index in [1.54, 1.807) is 26.0 Å². The van der Waals surface area contributed by atoms with Gasteiger partial charge in [-0.2, -0.15) is 0 Å². The van der Waals surface area contributed by atoms with Crippen LogP contribution in [-0.4, -0.2) is 37.2 Å². The number of ether oxygens (including phenoxy) is 2. The second-order valence-electron chi connectivity index (χ2n) is 4.61. The van der Waals surface area contributed by atoms with Crippen LogP contribution in [0.4, 0.5) is 4.79 Å². The van der Waals surface area contributed by atoms with E-state index in [-0.39, 0.29) is 24.5 Å². The number of carbonyl (C=O) groups is 3. The molecule has 7 nitrogen and oxygen atoms in total. The number of esters is 2. The van der Waals surface area contributed by atoms with Gasteiger partial charge in [-0.25, -0.2) is 14.4 Å². The van der Waals surface area contributed by atoms with Gasteiger partial charge < -0.3 is 20.1 Å². The second-order valence-corrected chi connectivity index (χ2v) is 6.33. The molecule has 0 saturated heterocycles. The summed E-state index contributed by atoms with van der Waals surface area (Å²) in [5.41, 5.74) is 0.430. The molecule has 1 aromatic heterocycles. The summed E-state index contributed by atoms with van der Waals surface area (Å²) in [4.78, 5) is 35.8. The summed E-state index contributed by atoms with van der Waals surface area (Å²) >= 11 is 6.85. The van der Waals surface area contributed by atoms with Crippen molar-refractivity contribution in [1.82, 2.24) is 10.6 Å². The van der Waals surface area contributed by atoms with Gasteiger partial charge >= 0.3 is 18.0 Å². The number of urea groups is 1. The van der Waals surface area contributed by atoms with Gasteiger partial charge in [0.1, 0.15) is 11.5 Å². The first-order chi connectivity index (χ1) is 10.9. The minimum absolute atomic E-state index is 0.198. The minimum Gasteiger partial charge on any atom is -0.463 e. The number of nitrogens with one attached hydrogen (secondary N) is 2. The van der Waals surface area contributed by atoms with Crippen molar-refractivity contribution < 1.29 is 23.9 Å². The molecule has 9 heteroatoms. The van der Waals surface area contributed by atoms with Crippen LogP contribution >= 0.6 is 22.9 Å². The van der Waals surface area contributed by atoms with Crippen molar-refractivity contribution in [1.29, 1.82) is 0 Å². The number of amides is 2. The zero-order chi connectivity index (χ0) is 17.0. The van der Waals surface area contributed by atoms with Crippen LogP contribution < -0.4 is 10.6 Å². The zero-order valence-electron chi connectivity index (χ0n) is 12.5. The fourth-order valence-electron chi connectivity index (χ4n) is 2.03. The van der Waals surface area contributed by atoms with Gasteiger partial charge in [0.05, 0.1) is 28.3 Å². The van der Waals surface area contributed by atoms with E-state index in [0.29, 0.717) is 9.21 Å². The summed E-state index contributed by atoms with van der Waals surface area (Å²) in [5.74, 6) is -1.16. The molecule has 2 amide bonds. The lowest BCUT2D eigenvalue weighted by molar-refractivity contribution is -0.139. The highest BCUT2D eigenvalue weighted by Gasteiger charge is 2.30. The number of thiophene rings is 1. The summed E-state index contributed by atoms with van der Waals surface area (Å²) in [5, 5.41) is 5.03. The molecule has 124 valence electrons. The van der Waals surface area contributed by atoms with Crippen LogP contribution in [0.15, 0.2) is 23.4 Å². The molecule has 1 aliphatic heterocycles. The number of hydrogen-bond donors (Lipinski definition) is 2. The molecule has 1 atom stereocenters. The summed E-state index contributed by atoms with van der Waals surface area (Å²) < 4.78 is 10.6. The largest absolute Gasteiger partial charge is 0.463 e. The van der Waals surface area contributed by atoms with E-state index in [0.717, 1.165) is 11.3 Å². The summed E-state index contributed by atoms with van der Waals surface area (Å²) in [7, 11) is 0. The normalized spacial score (nSPS) is 17.3. The van der Waals surface area contributed by atoms with Crippen LogP contribution in [-0.2, 0) is 14.3 Å². The van der Waals surface area contributed by atoms with E-state index < -0.39 is 24.0 Å². The Kier molecular flexibility index (Phi) is 5.62. The van der Waals surface area contributed by atoms with E-state index in [2.05, 4.69) is 10.6 Å². The Bertz CT molecular complexity index is 670. The Hall–Kier alpha value is -2.06. The van der Waals surface area contributed by atoms with Crippen molar-refractivity contribution in [2.24, 2.45) is 0 Å². The van der Waals surface area contributed by atoms with Gasteiger partial charge in [0.2, 0.25) is 0 Å². The van der Waals surface area contributed by atoms with E-state index in [9.17, 15) is 14.4 Å². The van der Waals surface area contributed by atoms with Crippen molar-refractivity contribution in [2.75, 3.05) is 13.2 Å². The maximum atomic E-state index is 12.0. The van der Waals surface area contributed by atoms with Gasteiger partial charge in [-0.15, -0.1) is 11.3 Å². The Labute approximate surface area is 141 Å². The van der Waals surface area contributed by atoms with Crippen molar-refractivity contribution in [2.45, 2.75) is 19.9 Å². The van der Waals surface area contributed by atoms with Crippen molar-refractivity contribution in [3.8, 4) is 0 Å². The van der Waals surface area contributed by atoms with Crippen LogP contribution in [0.1, 0.15) is 23.5 Å². The van der Waals surface area contributed by atoms with E-state index in [1.807, 2.05) is 0 Å². The highest BCUT2D eigenvalue weighted by Crippen LogP contribution is 2.22. The van der Waals surface area contributed by atoms with Crippen LogP contribution in [0.5, 0.6) is 0 Å². The molecule has 0 bridgehead atoms. The number of hydrogen-bond acceptors (Lipinski definition) is 6. The molecule has 0 spiro atoms. The van der Waals surface area contributed by atoms with Crippen LogP contribution in [0.25, 0.3) is 0 Å². The Balaban J connectivity index is 2.15. The number of rotatable bonds is 5. The van der Waals surface area contributed by atoms with Gasteiger partial charge in [0, 0.05) is 0 Å². The molecular weight excluding hydrogens is 344 g/mol. The molecule has 2 N–H and O–H groups in total. The molecule has 0 radical (unpaired) electrons. The smallest absolute Gasteiger partial charge is 0.348 e. The summed E-state index contributed by atoms with van der Waals surface area (Å²) in [6.45, 7) is 3.27. The molecule has 0 unspecified atom stereocenters. The van der Waals surface area contributed by atoms with Gasteiger partial charge in [0.15, 0.2) is 0 Å². The van der Waals surface area contributed by atoms with Crippen LogP contribution in [0.2, 0.25) is 4.34 Å². The SMILES string of the molecule is CCOC(=O)C1=C(COC(=O)c2ccc(Cl)s2)NC(=O)N[C@@H]1C. The third-order valence-electron chi connectivity index (χ3n) is 2.99. The number of carbonyl (C=O) groups excluding carboxylic acids is 3. The lowest BCUT2D eigenvalue weighted by Gasteiger charge is -2.26. The Morgan fingerprint density at radius 3 is 2.65 bits per heavy atom. The average Bonchev–Trinajstić information content (AvgIpc) is 2.91. The number of halogens is 1. The predicted molar refractivity (Wildman–Crippen MR) is 84.4 cm³/mol. The predicted octanol–water partition coefficient (Wildman–Crippen LogP) is 2.08. The van der Waals surface area contributed by atoms with E-state index >= 15 is 0 Å². The van der Waals surface area contributed by atoms with Crippen LogP contribution in [0, 0.1) is 0 Å². The topological polar surface area (TPSA) is 93.7 Å². The Morgan fingerprint density at radius 1 is 1.30 bits per heavy atom. The highest BCUT2D eigenvalue weighted by atomic mass is 35.5. The van der Waals surface area contributed by atoms with E-state index in [4.69, 9.17) is 21.1 Å². The molecule has 0 aromatic carbocycles. The lowest BCUT2D eigenvalue weighted by atomic mass is 10.0. The molecule has 0 aliphatic carbocycles. The lowest BCUT2D eigenvalue weighted by Crippen LogP contribution is -2.50. The Morgan fingerprint density at radius 2 is 2.04 bits per heavy atom. The van der Waals surface area contributed by atoms with Crippen molar-refractivity contribution in [3.05, 3.63) is 32.6 Å².